The lowest BCUT2D eigenvalue weighted by Gasteiger charge is -2.22. The molecule has 2 rings (SSSR count). The molecule has 0 aliphatic carbocycles. The Labute approximate surface area is 103 Å². The summed E-state index contributed by atoms with van der Waals surface area (Å²) < 4.78 is 5.39. The van der Waals surface area contributed by atoms with E-state index in [2.05, 4.69) is 29.6 Å². The molecule has 2 N–H and O–H groups in total. The first-order valence-electron chi connectivity index (χ1n) is 6.40. The molecule has 0 bridgehead atoms. The van der Waals surface area contributed by atoms with E-state index in [9.17, 15) is 0 Å². The molecule has 1 aliphatic heterocycles. The minimum Gasteiger partial charge on any atom is -0.396 e. The predicted octanol–water partition coefficient (Wildman–Crippen LogP) is 1.88. The van der Waals surface area contributed by atoms with Gasteiger partial charge in [0.05, 0.1) is 6.61 Å². The highest BCUT2D eigenvalue weighted by Crippen LogP contribution is 2.20. The van der Waals surface area contributed by atoms with Crippen molar-refractivity contribution in [1.29, 1.82) is 0 Å². The van der Waals surface area contributed by atoms with Gasteiger partial charge in [-0.25, -0.2) is 0 Å². The van der Waals surface area contributed by atoms with Gasteiger partial charge < -0.3 is 15.2 Å². The number of aliphatic hydroxyl groups is 1. The first-order chi connectivity index (χ1) is 8.40. The van der Waals surface area contributed by atoms with Gasteiger partial charge in [-0.05, 0) is 24.8 Å². The molecule has 1 aliphatic rings. The Balaban J connectivity index is 1.97. The van der Waals surface area contributed by atoms with Gasteiger partial charge in [0.2, 0.25) is 0 Å². The summed E-state index contributed by atoms with van der Waals surface area (Å²) in [4.78, 5) is 0. The van der Waals surface area contributed by atoms with Crippen LogP contribution in [0.1, 0.15) is 30.9 Å². The second-order valence-electron chi connectivity index (χ2n) is 4.56. The number of rotatable bonds is 6. The molecule has 3 heteroatoms. The molecule has 2 atom stereocenters. The van der Waals surface area contributed by atoms with Crippen LogP contribution in [0.5, 0.6) is 0 Å². The zero-order valence-electron chi connectivity index (χ0n) is 10.1. The third-order valence-corrected chi connectivity index (χ3v) is 3.22. The Morgan fingerprint density at radius 1 is 1.35 bits per heavy atom. The van der Waals surface area contributed by atoms with Crippen molar-refractivity contribution in [3.05, 3.63) is 35.9 Å². The fourth-order valence-corrected chi connectivity index (χ4v) is 2.28. The van der Waals surface area contributed by atoms with E-state index in [0.29, 0.717) is 12.1 Å². The van der Waals surface area contributed by atoms with Crippen LogP contribution in [0.4, 0.5) is 0 Å². The maximum absolute atomic E-state index is 8.97. The molecule has 17 heavy (non-hydrogen) atoms. The molecular weight excluding hydrogens is 214 g/mol. The van der Waals surface area contributed by atoms with Crippen molar-refractivity contribution in [2.45, 2.75) is 31.3 Å². The third kappa shape index (κ3) is 3.80. The quantitative estimate of drug-likeness (QED) is 0.791. The van der Waals surface area contributed by atoms with Crippen molar-refractivity contribution in [2.24, 2.45) is 0 Å². The zero-order chi connectivity index (χ0) is 11.9. The number of benzene rings is 1. The highest BCUT2D eigenvalue weighted by atomic mass is 16.5. The van der Waals surface area contributed by atoms with E-state index >= 15 is 0 Å². The van der Waals surface area contributed by atoms with Crippen molar-refractivity contribution in [3.8, 4) is 0 Å². The number of aliphatic hydroxyl groups excluding tert-OH is 1. The van der Waals surface area contributed by atoms with E-state index in [4.69, 9.17) is 9.84 Å². The highest BCUT2D eigenvalue weighted by Gasteiger charge is 2.20. The Morgan fingerprint density at radius 2 is 2.18 bits per heavy atom. The second-order valence-corrected chi connectivity index (χ2v) is 4.56. The summed E-state index contributed by atoms with van der Waals surface area (Å²) in [6.45, 7) is 1.92. The van der Waals surface area contributed by atoms with E-state index in [1.807, 2.05) is 6.07 Å². The van der Waals surface area contributed by atoms with Gasteiger partial charge in [0.1, 0.15) is 0 Å². The van der Waals surface area contributed by atoms with Crippen molar-refractivity contribution in [1.82, 2.24) is 5.32 Å². The molecule has 2 unspecified atom stereocenters. The predicted molar refractivity (Wildman–Crippen MR) is 67.9 cm³/mol. The molecule has 3 nitrogen and oxygen atoms in total. The van der Waals surface area contributed by atoms with Crippen LogP contribution < -0.4 is 5.32 Å². The monoisotopic (exact) mass is 235 g/mol. The van der Waals surface area contributed by atoms with Crippen LogP contribution in [0.2, 0.25) is 0 Å². The number of ether oxygens (including phenoxy) is 1. The molecule has 0 spiro atoms. The highest BCUT2D eigenvalue weighted by molar-refractivity contribution is 5.19. The average molecular weight is 235 g/mol. The van der Waals surface area contributed by atoms with Gasteiger partial charge in [0.25, 0.3) is 0 Å². The molecular formula is C14H21NO2. The standard InChI is InChI=1S/C14H21NO2/c16-9-4-7-14(12-5-2-1-3-6-12)15-13-8-10-17-11-13/h1-3,5-6,13-16H,4,7-11H2. The van der Waals surface area contributed by atoms with Crippen LogP contribution in [0, 0.1) is 0 Å². The van der Waals surface area contributed by atoms with E-state index < -0.39 is 0 Å². The largest absolute Gasteiger partial charge is 0.396 e. The first kappa shape index (κ1) is 12.6. The van der Waals surface area contributed by atoms with Crippen molar-refractivity contribution in [3.63, 3.8) is 0 Å². The third-order valence-electron chi connectivity index (χ3n) is 3.22. The summed E-state index contributed by atoms with van der Waals surface area (Å²) in [7, 11) is 0. The van der Waals surface area contributed by atoms with Crippen LogP contribution in [0.25, 0.3) is 0 Å². The summed E-state index contributed by atoms with van der Waals surface area (Å²) in [5.41, 5.74) is 1.30. The molecule has 0 saturated carbocycles. The van der Waals surface area contributed by atoms with Gasteiger partial charge in [0, 0.05) is 25.3 Å². The average Bonchev–Trinajstić information content (AvgIpc) is 2.88. The molecule has 0 aromatic heterocycles. The Kier molecular flexibility index (Phi) is 4.98. The fraction of sp³-hybridized carbons (Fsp3) is 0.571. The van der Waals surface area contributed by atoms with Gasteiger partial charge in [-0.2, -0.15) is 0 Å². The van der Waals surface area contributed by atoms with E-state index in [0.717, 1.165) is 32.5 Å². The lowest BCUT2D eigenvalue weighted by molar-refractivity contribution is 0.186. The number of hydrogen-bond acceptors (Lipinski definition) is 3. The van der Waals surface area contributed by atoms with Crippen molar-refractivity contribution >= 4 is 0 Å². The Morgan fingerprint density at radius 3 is 2.82 bits per heavy atom. The van der Waals surface area contributed by atoms with Crippen LogP contribution in [0.15, 0.2) is 30.3 Å². The minimum absolute atomic E-state index is 0.256. The summed E-state index contributed by atoms with van der Waals surface area (Å²) >= 11 is 0. The lowest BCUT2D eigenvalue weighted by atomic mass is 10.0. The van der Waals surface area contributed by atoms with E-state index in [1.165, 1.54) is 5.56 Å². The van der Waals surface area contributed by atoms with Crippen molar-refractivity contribution in [2.75, 3.05) is 19.8 Å². The SMILES string of the molecule is OCCCC(NC1CCOC1)c1ccccc1. The van der Waals surface area contributed by atoms with Gasteiger partial charge in [-0.3, -0.25) is 0 Å². The smallest absolute Gasteiger partial charge is 0.0620 e. The van der Waals surface area contributed by atoms with Crippen molar-refractivity contribution < 1.29 is 9.84 Å². The maximum atomic E-state index is 8.97. The van der Waals surface area contributed by atoms with E-state index in [-0.39, 0.29) is 6.61 Å². The van der Waals surface area contributed by atoms with Crippen LogP contribution in [-0.2, 0) is 4.74 Å². The molecule has 0 radical (unpaired) electrons. The molecule has 1 aromatic carbocycles. The normalized spacial score (nSPS) is 21.6. The number of nitrogens with one attached hydrogen (secondary N) is 1. The van der Waals surface area contributed by atoms with Gasteiger partial charge in [-0.1, -0.05) is 30.3 Å². The summed E-state index contributed by atoms with van der Waals surface area (Å²) in [5, 5.41) is 12.6. The molecule has 94 valence electrons. The maximum Gasteiger partial charge on any atom is 0.0620 e. The minimum atomic E-state index is 0.256. The lowest BCUT2D eigenvalue weighted by Crippen LogP contribution is -2.33. The van der Waals surface area contributed by atoms with Gasteiger partial charge >= 0.3 is 0 Å². The molecule has 1 fully saturated rings. The summed E-state index contributed by atoms with van der Waals surface area (Å²) in [6.07, 6.45) is 2.89. The summed E-state index contributed by atoms with van der Waals surface area (Å²) in [5.74, 6) is 0. The van der Waals surface area contributed by atoms with Gasteiger partial charge in [0.15, 0.2) is 0 Å². The fourth-order valence-electron chi connectivity index (χ4n) is 2.28. The van der Waals surface area contributed by atoms with Crippen LogP contribution >= 0.6 is 0 Å². The van der Waals surface area contributed by atoms with Crippen LogP contribution in [0.3, 0.4) is 0 Å². The topological polar surface area (TPSA) is 41.5 Å². The van der Waals surface area contributed by atoms with E-state index in [1.54, 1.807) is 0 Å². The Bertz CT molecular complexity index is 309. The second kappa shape index (κ2) is 6.74. The molecule has 1 heterocycles. The molecule has 1 aromatic rings. The first-order valence-corrected chi connectivity index (χ1v) is 6.40. The molecule has 1 saturated heterocycles. The van der Waals surface area contributed by atoms with Gasteiger partial charge in [-0.15, -0.1) is 0 Å². The van der Waals surface area contributed by atoms with Crippen LogP contribution in [-0.4, -0.2) is 31.0 Å². The zero-order valence-corrected chi connectivity index (χ0v) is 10.1. The summed E-state index contributed by atoms with van der Waals surface area (Å²) in [6, 6.07) is 11.2. The number of hydrogen-bond donors (Lipinski definition) is 2. The molecule has 0 amide bonds. The Hall–Kier alpha value is -0.900.